The van der Waals surface area contributed by atoms with Crippen LogP contribution >= 0.6 is 11.6 Å². The highest BCUT2D eigenvalue weighted by molar-refractivity contribution is 6.30. The topological polar surface area (TPSA) is 51.4 Å². The first kappa shape index (κ1) is 20.8. The number of halogens is 1. The molecule has 1 saturated heterocycles. The molecule has 2 aromatic heterocycles. The average molecular weight is 446 g/mol. The zero-order valence-corrected chi connectivity index (χ0v) is 19.1. The van der Waals surface area contributed by atoms with Crippen molar-refractivity contribution in [1.82, 2.24) is 4.98 Å². The third kappa shape index (κ3) is 3.81. The van der Waals surface area contributed by atoms with Crippen molar-refractivity contribution in [2.45, 2.75) is 26.3 Å². The van der Waals surface area contributed by atoms with Crippen molar-refractivity contribution in [2.75, 3.05) is 31.1 Å². The molecule has 0 amide bonds. The molecule has 4 aromatic rings. The van der Waals surface area contributed by atoms with Crippen LogP contribution in [-0.2, 0) is 13.0 Å². The maximum atomic E-state index is 9.95. The van der Waals surface area contributed by atoms with E-state index in [0.717, 1.165) is 78.4 Å². The number of para-hydroxylation sites is 2. The number of nitrogens with zero attached hydrogens (tertiary/aromatic N) is 3. The van der Waals surface area contributed by atoms with Crippen molar-refractivity contribution in [3.63, 3.8) is 0 Å². The molecule has 1 aliphatic rings. The standard InChI is InChI=1S/C26H26ClN5/c1-2-5-20-16-25(32-24-7-4-3-6-23(24)29-26(32)22(20)17-28)31-14-12-30(13-15-31)18-19-8-10-21(27)11-9-19/h3-4,6-11,16H,2,5,12-15,18H2,1H3/p+2. The van der Waals surface area contributed by atoms with Gasteiger partial charge < -0.3 is 4.90 Å². The molecule has 2 N–H and O–H groups in total. The summed E-state index contributed by atoms with van der Waals surface area (Å²) in [6.07, 6.45) is 1.92. The number of H-pyrrole nitrogens is 1. The molecule has 0 spiro atoms. The van der Waals surface area contributed by atoms with Crippen molar-refractivity contribution in [3.05, 3.63) is 76.3 Å². The fraction of sp³-hybridized carbons (Fsp3) is 0.308. The van der Waals surface area contributed by atoms with E-state index in [2.05, 4.69) is 63.7 Å². The third-order valence-electron chi connectivity index (χ3n) is 6.51. The largest absolute Gasteiger partial charge is 0.326 e. The van der Waals surface area contributed by atoms with E-state index >= 15 is 0 Å². The third-order valence-corrected chi connectivity index (χ3v) is 6.76. The number of nitriles is 1. The van der Waals surface area contributed by atoms with Crippen molar-refractivity contribution >= 4 is 34.1 Å². The van der Waals surface area contributed by atoms with Gasteiger partial charge in [0.15, 0.2) is 0 Å². The predicted molar refractivity (Wildman–Crippen MR) is 128 cm³/mol. The molecule has 5 nitrogen and oxygen atoms in total. The lowest BCUT2D eigenvalue weighted by atomic mass is 10.0. The van der Waals surface area contributed by atoms with Crippen molar-refractivity contribution in [1.29, 1.82) is 5.26 Å². The number of imidazole rings is 1. The zero-order chi connectivity index (χ0) is 22.1. The lowest BCUT2D eigenvalue weighted by molar-refractivity contribution is -0.914. The zero-order valence-electron chi connectivity index (χ0n) is 18.4. The molecule has 0 saturated carbocycles. The van der Waals surface area contributed by atoms with E-state index in [1.54, 1.807) is 4.90 Å². The van der Waals surface area contributed by atoms with Crippen LogP contribution in [0.5, 0.6) is 0 Å². The number of hydrogen-bond donors (Lipinski definition) is 2. The van der Waals surface area contributed by atoms with Crippen LogP contribution in [0.3, 0.4) is 0 Å². The molecule has 162 valence electrons. The molecular formula is C26H28ClN5+2. The number of aromatic nitrogens is 2. The van der Waals surface area contributed by atoms with Crippen molar-refractivity contribution < 1.29 is 9.30 Å². The number of benzene rings is 2. The van der Waals surface area contributed by atoms with Gasteiger partial charge in [0.2, 0.25) is 11.5 Å². The predicted octanol–water partition coefficient (Wildman–Crippen LogP) is 3.29. The summed E-state index contributed by atoms with van der Waals surface area (Å²) in [5, 5.41) is 10.7. The second-order valence-corrected chi connectivity index (χ2v) is 9.07. The van der Waals surface area contributed by atoms with Gasteiger partial charge in [-0.25, -0.2) is 0 Å². The van der Waals surface area contributed by atoms with Crippen LogP contribution in [0, 0.1) is 11.3 Å². The molecule has 1 aliphatic heterocycles. The number of nitrogens with one attached hydrogen (secondary N) is 2. The van der Waals surface area contributed by atoms with Crippen LogP contribution in [0.25, 0.3) is 16.7 Å². The summed E-state index contributed by atoms with van der Waals surface area (Å²) in [6.45, 7) is 7.33. The summed E-state index contributed by atoms with van der Waals surface area (Å²) in [5.41, 5.74) is 6.31. The van der Waals surface area contributed by atoms with Gasteiger partial charge in [0.25, 0.3) is 0 Å². The van der Waals surface area contributed by atoms with Crippen molar-refractivity contribution in [2.24, 2.45) is 0 Å². The van der Waals surface area contributed by atoms with E-state index in [4.69, 9.17) is 11.6 Å². The van der Waals surface area contributed by atoms with Crippen LogP contribution in [-0.4, -0.2) is 31.2 Å². The van der Waals surface area contributed by atoms with Crippen LogP contribution in [0.1, 0.15) is 30.0 Å². The molecule has 0 atom stereocenters. The van der Waals surface area contributed by atoms with Gasteiger partial charge in [0, 0.05) is 16.7 Å². The molecule has 2 aromatic carbocycles. The fourth-order valence-electron chi connectivity index (χ4n) is 4.88. The lowest BCUT2D eigenvalue weighted by Gasteiger charge is -2.30. The van der Waals surface area contributed by atoms with E-state index in [-0.39, 0.29) is 0 Å². The normalized spacial score (nSPS) is 14.8. The lowest BCUT2D eigenvalue weighted by Crippen LogP contribution is -3.13. The highest BCUT2D eigenvalue weighted by atomic mass is 35.5. The maximum absolute atomic E-state index is 9.95. The number of anilines is 1. The Morgan fingerprint density at radius 3 is 2.59 bits per heavy atom. The quantitative estimate of drug-likeness (QED) is 0.463. The molecule has 6 heteroatoms. The minimum absolute atomic E-state index is 0.763. The number of aromatic amines is 1. The second-order valence-electron chi connectivity index (χ2n) is 8.63. The number of pyridine rings is 1. The van der Waals surface area contributed by atoms with E-state index in [9.17, 15) is 5.26 Å². The van der Waals surface area contributed by atoms with Gasteiger partial charge in [-0.05, 0) is 36.2 Å². The van der Waals surface area contributed by atoms with Gasteiger partial charge in [0.05, 0.1) is 0 Å². The number of quaternary nitrogens is 1. The summed E-state index contributed by atoms with van der Waals surface area (Å²) in [6, 6.07) is 21.2. The van der Waals surface area contributed by atoms with Gasteiger partial charge in [-0.2, -0.15) is 9.66 Å². The highest BCUT2D eigenvalue weighted by Crippen LogP contribution is 2.24. The Morgan fingerprint density at radius 1 is 1.12 bits per heavy atom. The molecule has 5 rings (SSSR count). The first-order valence-corrected chi connectivity index (χ1v) is 11.8. The Balaban J connectivity index is 1.48. The number of hydrogen-bond acceptors (Lipinski definition) is 2. The number of rotatable bonds is 5. The Morgan fingerprint density at radius 2 is 1.88 bits per heavy atom. The first-order chi connectivity index (χ1) is 15.7. The minimum Gasteiger partial charge on any atom is -0.326 e. The summed E-state index contributed by atoms with van der Waals surface area (Å²) in [5.74, 6) is 1.19. The summed E-state index contributed by atoms with van der Waals surface area (Å²) >= 11 is 6.04. The summed E-state index contributed by atoms with van der Waals surface area (Å²) in [4.78, 5) is 7.59. The number of piperazine rings is 1. The van der Waals surface area contributed by atoms with Crippen molar-refractivity contribution in [3.8, 4) is 6.07 Å². The molecule has 0 aliphatic carbocycles. The monoisotopic (exact) mass is 445 g/mol. The maximum Gasteiger partial charge on any atom is 0.250 e. The van der Waals surface area contributed by atoms with Crippen LogP contribution < -0.4 is 14.2 Å². The molecular weight excluding hydrogens is 418 g/mol. The van der Waals surface area contributed by atoms with E-state index < -0.39 is 0 Å². The molecule has 0 radical (unpaired) electrons. The van der Waals surface area contributed by atoms with Gasteiger partial charge in [0.1, 0.15) is 55.4 Å². The molecule has 0 bridgehead atoms. The fourth-order valence-corrected chi connectivity index (χ4v) is 5.00. The van der Waals surface area contributed by atoms with Gasteiger partial charge in [-0.15, -0.1) is 0 Å². The van der Waals surface area contributed by atoms with Gasteiger partial charge in [-0.1, -0.05) is 49.2 Å². The summed E-state index contributed by atoms with van der Waals surface area (Å²) < 4.78 is 2.25. The number of fused-ring (bicyclic) bond motifs is 3. The highest BCUT2D eigenvalue weighted by Gasteiger charge is 2.29. The average Bonchev–Trinajstić information content (AvgIpc) is 3.20. The smallest absolute Gasteiger partial charge is 0.250 e. The second kappa shape index (κ2) is 8.82. The Bertz CT molecular complexity index is 1290. The molecule has 1 fully saturated rings. The van der Waals surface area contributed by atoms with E-state index in [1.165, 1.54) is 11.4 Å². The SMILES string of the molecule is CCCc1cc(N2CC[NH+](Cc3ccc(Cl)cc3)CC2)[n+]2c([nH]c3ccccc32)c1C#N. The van der Waals surface area contributed by atoms with E-state index in [1.807, 2.05) is 18.2 Å². The Hall–Kier alpha value is -3.07. The Kier molecular flexibility index (Phi) is 5.73. The van der Waals surface area contributed by atoms with Gasteiger partial charge >= 0.3 is 0 Å². The minimum atomic E-state index is 0.763. The van der Waals surface area contributed by atoms with E-state index in [0.29, 0.717) is 0 Å². The Labute approximate surface area is 193 Å². The number of aryl methyl sites for hydroxylation is 1. The summed E-state index contributed by atoms with van der Waals surface area (Å²) in [7, 11) is 0. The molecule has 3 heterocycles. The molecule has 32 heavy (non-hydrogen) atoms. The van der Waals surface area contributed by atoms with Gasteiger partial charge in [-0.3, -0.25) is 9.88 Å². The van der Waals surface area contributed by atoms with Crippen LogP contribution in [0.2, 0.25) is 5.02 Å². The van der Waals surface area contributed by atoms with Crippen LogP contribution in [0.15, 0.2) is 54.6 Å². The van der Waals surface area contributed by atoms with Crippen LogP contribution in [0.4, 0.5) is 5.82 Å². The molecule has 0 unspecified atom stereocenters. The first-order valence-electron chi connectivity index (χ1n) is 11.4.